The zero-order chi connectivity index (χ0) is 25.9. The third-order valence-corrected chi connectivity index (χ3v) is 8.46. The van der Waals surface area contributed by atoms with E-state index >= 15 is 0 Å². The summed E-state index contributed by atoms with van der Waals surface area (Å²) >= 11 is 0. The number of hydrogen-bond donors (Lipinski definition) is 2. The van der Waals surface area contributed by atoms with Gasteiger partial charge >= 0.3 is 0 Å². The molecule has 0 saturated carbocycles. The second-order valence-corrected chi connectivity index (χ2v) is 11.0. The van der Waals surface area contributed by atoms with E-state index in [4.69, 9.17) is 9.98 Å². The highest BCUT2D eigenvalue weighted by Gasteiger charge is 2.46. The molecular formula is C30H37N5. The highest BCUT2D eigenvalue weighted by Crippen LogP contribution is 2.43. The molecule has 4 heterocycles. The van der Waals surface area contributed by atoms with Gasteiger partial charge in [0, 0.05) is 33.2 Å². The van der Waals surface area contributed by atoms with Crippen molar-refractivity contribution in [1.29, 1.82) is 5.26 Å². The first kappa shape index (κ1) is 24.7. The van der Waals surface area contributed by atoms with Crippen LogP contribution in [0.1, 0.15) is 74.7 Å². The molecule has 0 aliphatic carbocycles. The lowest BCUT2D eigenvalue weighted by Crippen LogP contribution is -2.34. The normalized spacial score (nSPS) is 24.0. The van der Waals surface area contributed by atoms with Gasteiger partial charge in [-0.1, -0.05) is 13.8 Å². The first-order valence-corrected chi connectivity index (χ1v) is 12.3. The van der Waals surface area contributed by atoms with Crippen LogP contribution in [0.25, 0.3) is 12.2 Å². The predicted octanol–water partition coefficient (Wildman–Crippen LogP) is 5.32. The van der Waals surface area contributed by atoms with E-state index in [9.17, 15) is 5.26 Å². The number of nitriles is 1. The third-order valence-electron chi connectivity index (χ3n) is 8.46. The number of aryl methyl sites for hydroxylation is 1. The highest BCUT2D eigenvalue weighted by molar-refractivity contribution is 6.23. The fraction of sp³-hybridized carbons (Fsp3) is 0.433. The molecule has 0 amide bonds. The minimum atomic E-state index is -0.705. The maximum Gasteiger partial charge on any atom is 0.149 e. The molecular weight excluding hydrogens is 430 g/mol. The van der Waals surface area contributed by atoms with E-state index < -0.39 is 5.54 Å². The van der Waals surface area contributed by atoms with Crippen molar-refractivity contribution in [3.05, 3.63) is 67.3 Å². The second kappa shape index (κ2) is 8.37. The number of H-pyrrole nitrogens is 2. The Kier molecular flexibility index (Phi) is 5.92. The molecule has 0 radical (unpaired) electrons. The number of aromatic nitrogens is 2. The van der Waals surface area contributed by atoms with Gasteiger partial charge in [-0.25, -0.2) is 4.99 Å². The molecule has 0 bridgehead atoms. The van der Waals surface area contributed by atoms with Crippen LogP contribution in [0.2, 0.25) is 0 Å². The monoisotopic (exact) mass is 467 g/mol. The fourth-order valence-electron chi connectivity index (χ4n) is 4.81. The van der Waals surface area contributed by atoms with Crippen LogP contribution in [-0.2, 0) is 0 Å². The summed E-state index contributed by atoms with van der Waals surface area (Å²) in [6, 6.07) is 2.41. The van der Waals surface area contributed by atoms with E-state index in [0.717, 1.165) is 45.5 Å². The van der Waals surface area contributed by atoms with E-state index in [0.29, 0.717) is 0 Å². The van der Waals surface area contributed by atoms with Crippen LogP contribution in [-0.4, -0.2) is 26.9 Å². The van der Waals surface area contributed by atoms with Crippen LogP contribution in [0.5, 0.6) is 0 Å². The number of nitrogens with one attached hydrogen (secondary N) is 2. The Morgan fingerprint density at radius 2 is 1.43 bits per heavy atom. The van der Waals surface area contributed by atoms with Gasteiger partial charge in [-0.15, -0.1) is 0 Å². The summed E-state index contributed by atoms with van der Waals surface area (Å²) in [5.74, 6) is 0. The molecule has 0 aromatic carbocycles. The molecule has 2 aliphatic rings. The Labute approximate surface area is 208 Å². The van der Waals surface area contributed by atoms with Crippen LogP contribution < -0.4 is 10.7 Å². The van der Waals surface area contributed by atoms with Crippen molar-refractivity contribution in [2.45, 2.75) is 81.2 Å². The highest BCUT2D eigenvalue weighted by atomic mass is 14.9. The largest absolute Gasteiger partial charge is 0.359 e. The Morgan fingerprint density at radius 1 is 0.800 bits per heavy atom. The first-order valence-electron chi connectivity index (χ1n) is 12.3. The molecule has 0 unspecified atom stereocenters. The number of rotatable bonds is 3. The van der Waals surface area contributed by atoms with Crippen LogP contribution in [0, 0.1) is 51.4 Å². The van der Waals surface area contributed by atoms with Crippen LogP contribution in [0.15, 0.2) is 32.9 Å². The first-order chi connectivity index (χ1) is 16.3. The van der Waals surface area contributed by atoms with Gasteiger partial charge in [0.15, 0.2) is 0 Å². The molecule has 0 saturated heterocycles. The number of aliphatic imine (C=N–C) groups is 2. The number of aromatic amines is 2. The second-order valence-electron chi connectivity index (χ2n) is 11.0. The summed E-state index contributed by atoms with van der Waals surface area (Å²) in [6.45, 7) is 21.1. The Balaban J connectivity index is 1.75. The van der Waals surface area contributed by atoms with Crippen LogP contribution >= 0.6 is 0 Å². The molecule has 2 N–H and O–H groups in total. The van der Waals surface area contributed by atoms with Gasteiger partial charge in [0.05, 0.1) is 17.5 Å². The van der Waals surface area contributed by atoms with Crippen LogP contribution in [0.3, 0.4) is 0 Å². The Bertz CT molecular complexity index is 1520. The minimum absolute atomic E-state index is 0.196. The maximum atomic E-state index is 9.69. The van der Waals surface area contributed by atoms with Crippen molar-refractivity contribution in [2.75, 3.05) is 0 Å². The van der Waals surface area contributed by atoms with E-state index in [-0.39, 0.29) is 5.41 Å². The summed E-state index contributed by atoms with van der Waals surface area (Å²) in [7, 11) is 0. The zero-order valence-corrected chi connectivity index (χ0v) is 22.8. The molecule has 0 fully saturated rings. The summed E-state index contributed by atoms with van der Waals surface area (Å²) in [4.78, 5) is 16.9. The van der Waals surface area contributed by atoms with Gasteiger partial charge in [-0.05, 0) is 113 Å². The Morgan fingerprint density at radius 3 is 1.97 bits per heavy atom. The lowest BCUT2D eigenvalue weighted by Gasteiger charge is -2.29. The molecule has 0 spiro atoms. The zero-order valence-electron chi connectivity index (χ0n) is 22.8. The van der Waals surface area contributed by atoms with Gasteiger partial charge in [-0.3, -0.25) is 4.99 Å². The van der Waals surface area contributed by atoms with E-state index in [1.807, 2.05) is 6.92 Å². The van der Waals surface area contributed by atoms with Gasteiger partial charge in [0.2, 0.25) is 0 Å². The topological polar surface area (TPSA) is 80.1 Å². The minimum Gasteiger partial charge on any atom is -0.359 e. The fourth-order valence-corrected chi connectivity index (χ4v) is 4.81. The molecule has 35 heavy (non-hydrogen) atoms. The molecule has 2 aliphatic heterocycles. The molecule has 2 aromatic rings. The predicted molar refractivity (Wildman–Crippen MR) is 146 cm³/mol. The third kappa shape index (κ3) is 4.05. The molecule has 1 atom stereocenters. The number of hydrogen-bond acceptors (Lipinski definition) is 3. The molecule has 5 nitrogen and oxygen atoms in total. The van der Waals surface area contributed by atoms with Gasteiger partial charge in [0.25, 0.3) is 0 Å². The summed E-state index contributed by atoms with van der Waals surface area (Å²) < 4.78 is 0. The van der Waals surface area contributed by atoms with Gasteiger partial charge in [-0.2, -0.15) is 5.26 Å². The van der Waals surface area contributed by atoms with E-state index in [1.165, 1.54) is 33.5 Å². The maximum absolute atomic E-state index is 9.69. The SMILES string of the molecule is CC1=C(C)/C(=C/C2=N[C@](C)(C#N)C(C)(C)C2)N=C1/C=c1/[nH]/c(=C\c2[nH]c(C)c(C)c2C)c(C)c1C. The van der Waals surface area contributed by atoms with Crippen molar-refractivity contribution in [2.24, 2.45) is 15.4 Å². The number of allylic oxidation sites excluding steroid dienone is 3. The van der Waals surface area contributed by atoms with Crippen molar-refractivity contribution in [3.8, 4) is 6.07 Å². The van der Waals surface area contributed by atoms with Crippen molar-refractivity contribution >= 4 is 23.6 Å². The van der Waals surface area contributed by atoms with Crippen LogP contribution in [0.4, 0.5) is 0 Å². The lowest BCUT2D eigenvalue weighted by molar-refractivity contribution is 0.276. The average molecular weight is 468 g/mol. The summed E-state index contributed by atoms with van der Waals surface area (Å²) in [6.07, 6.45) is 7.19. The van der Waals surface area contributed by atoms with Crippen molar-refractivity contribution < 1.29 is 0 Å². The van der Waals surface area contributed by atoms with Crippen molar-refractivity contribution in [3.63, 3.8) is 0 Å². The van der Waals surface area contributed by atoms with Crippen molar-refractivity contribution in [1.82, 2.24) is 9.97 Å². The standard InChI is InChI=1S/C30H37N5/c1-16-17(2)25(32-22(16)7)12-26-20(5)21(6)28(34-26)13-27-19(4)18(3)24(33-27)11-23-14-29(8,9)30(10,15-31)35-23/h11-13,32,34H,14H2,1-10H3/b24-11-,26-12-,28-13+/t30-/m1/s1. The smallest absolute Gasteiger partial charge is 0.149 e. The molecule has 4 rings (SSSR count). The summed E-state index contributed by atoms with van der Waals surface area (Å²) in [5, 5.41) is 11.9. The van der Waals surface area contributed by atoms with Gasteiger partial charge in [0.1, 0.15) is 5.54 Å². The Hall–Kier alpha value is -3.39. The lowest BCUT2D eigenvalue weighted by atomic mass is 9.74. The van der Waals surface area contributed by atoms with Gasteiger partial charge < -0.3 is 9.97 Å². The molecule has 182 valence electrons. The molecule has 5 heteroatoms. The molecule has 2 aromatic heterocycles. The number of nitrogens with zero attached hydrogens (tertiary/aromatic N) is 3. The average Bonchev–Trinajstić information content (AvgIpc) is 3.39. The quantitative estimate of drug-likeness (QED) is 0.629. The van der Waals surface area contributed by atoms with E-state index in [2.05, 4.69) is 96.6 Å². The summed E-state index contributed by atoms with van der Waals surface area (Å²) in [5.41, 5.74) is 11.7. The van der Waals surface area contributed by atoms with E-state index in [1.54, 1.807) is 0 Å².